The van der Waals surface area contributed by atoms with Gasteiger partial charge in [-0.05, 0) is 13.8 Å². The molecule has 78 valence electrons. The summed E-state index contributed by atoms with van der Waals surface area (Å²) in [4.78, 5) is 2.83. The molecule has 1 nitrogen and oxygen atoms in total. The molecule has 1 rings (SSSR count). The van der Waals surface area contributed by atoms with Gasteiger partial charge in [0.15, 0.2) is 11.5 Å². The Kier molecular flexibility index (Phi) is 2.47. The molecular formula is C8H6F5N. The first-order valence-corrected chi connectivity index (χ1v) is 3.64. The Morgan fingerprint density at radius 2 is 1.50 bits per heavy atom. The van der Waals surface area contributed by atoms with Crippen LogP contribution in [0.5, 0.6) is 0 Å². The van der Waals surface area contributed by atoms with Crippen LogP contribution in [0.1, 0.15) is 17.0 Å². The van der Waals surface area contributed by atoms with Crippen molar-refractivity contribution < 1.29 is 22.0 Å². The lowest BCUT2D eigenvalue weighted by atomic mass is 10.2. The van der Waals surface area contributed by atoms with Crippen LogP contribution in [0.3, 0.4) is 0 Å². The SMILES string of the molecule is Cc1nc(C(F)(F)F)c(F)c(C)c1F. The van der Waals surface area contributed by atoms with Gasteiger partial charge in [0.25, 0.3) is 0 Å². The van der Waals surface area contributed by atoms with Gasteiger partial charge in [-0.3, -0.25) is 0 Å². The minimum Gasteiger partial charge on any atom is -0.243 e. The zero-order valence-electron chi connectivity index (χ0n) is 7.34. The van der Waals surface area contributed by atoms with Gasteiger partial charge in [-0.2, -0.15) is 13.2 Å². The molecule has 1 heterocycles. The van der Waals surface area contributed by atoms with Gasteiger partial charge in [0, 0.05) is 5.56 Å². The Hall–Kier alpha value is -1.20. The van der Waals surface area contributed by atoms with E-state index in [1.54, 1.807) is 0 Å². The van der Waals surface area contributed by atoms with Crippen molar-refractivity contribution in [1.29, 1.82) is 0 Å². The Labute approximate surface area is 76.6 Å². The second-order valence-electron chi connectivity index (χ2n) is 2.80. The molecule has 0 aliphatic carbocycles. The topological polar surface area (TPSA) is 12.9 Å². The van der Waals surface area contributed by atoms with Crippen molar-refractivity contribution in [3.05, 3.63) is 28.6 Å². The van der Waals surface area contributed by atoms with E-state index in [1.807, 2.05) is 0 Å². The number of halogens is 5. The van der Waals surface area contributed by atoms with Gasteiger partial charge >= 0.3 is 6.18 Å². The summed E-state index contributed by atoms with van der Waals surface area (Å²) in [6.07, 6.45) is -4.90. The van der Waals surface area contributed by atoms with Crippen LogP contribution in [0.2, 0.25) is 0 Å². The number of alkyl halides is 3. The molecule has 0 saturated carbocycles. The maximum Gasteiger partial charge on any atom is 0.436 e. The first-order valence-electron chi connectivity index (χ1n) is 3.64. The predicted octanol–water partition coefficient (Wildman–Crippen LogP) is 3.00. The highest BCUT2D eigenvalue weighted by Crippen LogP contribution is 2.31. The van der Waals surface area contributed by atoms with Gasteiger partial charge < -0.3 is 0 Å². The maximum absolute atomic E-state index is 12.9. The summed E-state index contributed by atoms with van der Waals surface area (Å²) < 4.78 is 62.2. The summed E-state index contributed by atoms with van der Waals surface area (Å²) in [5, 5.41) is 0. The zero-order chi connectivity index (χ0) is 11.1. The molecule has 0 aliphatic rings. The first kappa shape index (κ1) is 10.9. The van der Waals surface area contributed by atoms with E-state index in [1.165, 1.54) is 0 Å². The maximum atomic E-state index is 12.9. The average Bonchev–Trinajstić information content (AvgIpc) is 2.06. The Morgan fingerprint density at radius 3 is 1.93 bits per heavy atom. The number of aromatic nitrogens is 1. The molecule has 0 amide bonds. The minimum absolute atomic E-state index is 0.462. The molecule has 14 heavy (non-hydrogen) atoms. The van der Waals surface area contributed by atoms with Crippen LogP contribution < -0.4 is 0 Å². The third-order valence-corrected chi connectivity index (χ3v) is 1.73. The fourth-order valence-corrected chi connectivity index (χ4v) is 0.999. The Bertz CT molecular complexity index is 369. The lowest BCUT2D eigenvalue weighted by Gasteiger charge is -2.10. The highest BCUT2D eigenvalue weighted by atomic mass is 19.4. The third-order valence-electron chi connectivity index (χ3n) is 1.73. The van der Waals surface area contributed by atoms with Crippen molar-refractivity contribution in [2.24, 2.45) is 0 Å². The van der Waals surface area contributed by atoms with Crippen LogP contribution in [0.15, 0.2) is 0 Å². The van der Waals surface area contributed by atoms with E-state index in [0.29, 0.717) is 0 Å². The molecule has 6 heteroatoms. The van der Waals surface area contributed by atoms with Gasteiger partial charge in [0.05, 0.1) is 5.69 Å². The number of rotatable bonds is 0. The fraction of sp³-hybridized carbons (Fsp3) is 0.375. The van der Waals surface area contributed by atoms with E-state index in [9.17, 15) is 22.0 Å². The molecule has 1 aromatic rings. The van der Waals surface area contributed by atoms with E-state index >= 15 is 0 Å². The highest BCUT2D eigenvalue weighted by molar-refractivity contribution is 5.25. The van der Waals surface area contributed by atoms with Crippen molar-refractivity contribution in [2.45, 2.75) is 20.0 Å². The van der Waals surface area contributed by atoms with Gasteiger partial charge in [-0.25, -0.2) is 13.8 Å². The van der Waals surface area contributed by atoms with Crippen molar-refractivity contribution in [3.8, 4) is 0 Å². The highest BCUT2D eigenvalue weighted by Gasteiger charge is 2.37. The normalized spacial score (nSPS) is 11.9. The second-order valence-corrected chi connectivity index (χ2v) is 2.80. The monoisotopic (exact) mass is 211 g/mol. The summed E-state index contributed by atoms with van der Waals surface area (Å²) in [7, 11) is 0. The minimum atomic E-state index is -4.90. The molecule has 0 saturated heterocycles. The van der Waals surface area contributed by atoms with Crippen molar-refractivity contribution in [2.75, 3.05) is 0 Å². The fourth-order valence-electron chi connectivity index (χ4n) is 0.999. The standard InChI is InChI=1S/C8H6F5N/c1-3-5(9)4(2)14-7(6(3)10)8(11,12)13/h1-2H3. The summed E-state index contributed by atoms with van der Waals surface area (Å²) in [6, 6.07) is 0. The summed E-state index contributed by atoms with van der Waals surface area (Å²) in [5.41, 5.74) is -2.80. The first-order chi connectivity index (χ1) is 6.25. The van der Waals surface area contributed by atoms with E-state index in [-0.39, 0.29) is 0 Å². The number of hydrogen-bond acceptors (Lipinski definition) is 1. The summed E-state index contributed by atoms with van der Waals surface area (Å²) in [5.74, 6) is -2.70. The smallest absolute Gasteiger partial charge is 0.243 e. The second kappa shape index (κ2) is 3.18. The van der Waals surface area contributed by atoms with E-state index in [0.717, 1.165) is 13.8 Å². The van der Waals surface area contributed by atoms with Gasteiger partial charge in [0.2, 0.25) is 0 Å². The van der Waals surface area contributed by atoms with Gasteiger partial charge in [-0.1, -0.05) is 0 Å². The van der Waals surface area contributed by atoms with E-state index in [4.69, 9.17) is 0 Å². The van der Waals surface area contributed by atoms with Gasteiger partial charge in [-0.15, -0.1) is 0 Å². The third kappa shape index (κ3) is 1.69. The van der Waals surface area contributed by atoms with Crippen LogP contribution in [-0.4, -0.2) is 4.98 Å². The number of pyridine rings is 1. The molecule has 0 unspecified atom stereocenters. The quantitative estimate of drug-likeness (QED) is 0.601. The predicted molar refractivity (Wildman–Crippen MR) is 38.6 cm³/mol. The molecule has 0 radical (unpaired) electrons. The number of aryl methyl sites for hydroxylation is 1. The Morgan fingerprint density at radius 1 is 1.00 bits per heavy atom. The summed E-state index contributed by atoms with van der Waals surface area (Å²) in [6.45, 7) is 1.99. The van der Waals surface area contributed by atoms with Crippen LogP contribution >= 0.6 is 0 Å². The molecule has 0 atom stereocenters. The molecule has 1 aromatic heterocycles. The largest absolute Gasteiger partial charge is 0.436 e. The lowest BCUT2D eigenvalue weighted by molar-refractivity contribution is -0.143. The van der Waals surface area contributed by atoms with Crippen LogP contribution in [0.25, 0.3) is 0 Å². The molecule has 0 spiro atoms. The molecular weight excluding hydrogens is 205 g/mol. The Balaban J connectivity index is 3.49. The van der Waals surface area contributed by atoms with E-state index in [2.05, 4.69) is 4.98 Å². The number of nitrogens with zero attached hydrogens (tertiary/aromatic N) is 1. The summed E-state index contributed by atoms with van der Waals surface area (Å²) >= 11 is 0. The van der Waals surface area contributed by atoms with Crippen LogP contribution in [0.4, 0.5) is 22.0 Å². The van der Waals surface area contributed by atoms with Crippen molar-refractivity contribution >= 4 is 0 Å². The average molecular weight is 211 g/mol. The molecule has 0 N–H and O–H groups in total. The van der Waals surface area contributed by atoms with Crippen LogP contribution in [-0.2, 0) is 6.18 Å². The lowest BCUT2D eigenvalue weighted by Crippen LogP contribution is -2.14. The molecule has 0 aliphatic heterocycles. The van der Waals surface area contributed by atoms with Gasteiger partial charge in [0.1, 0.15) is 5.82 Å². The molecule has 0 fully saturated rings. The molecule has 0 bridgehead atoms. The zero-order valence-corrected chi connectivity index (χ0v) is 7.34. The van der Waals surface area contributed by atoms with E-state index < -0.39 is 34.8 Å². The van der Waals surface area contributed by atoms with Crippen LogP contribution in [0, 0.1) is 25.5 Å². The number of hydrogen-bond donors (Lipinski definition) is 0. The van der Waals surface area contributed by atoms with Crippen molar-refractivity contribution in [3.63, 3.8) is 0 Å². The molecule has 0 aromatic carbocycles. The van der Waals surface area contributed by atoms with Crippen molar-refractivity contribution in [1.82, 2.24) is 4.98 Å².